The van der Waals surface area contributed by atoms with E-state index < -0.39 is 0 Å². The van der Waals surface area contributed by atoms with Gasteiger partial charge in [-0.05, 0) is 56.2 Å². The molecule has 2 amide bonds. The molecule has 1 heterocycles. The summed E-state index contributed by atoms with van der Waals surface area (Å²) >= 11 is 1.32. The topological polar surface area (TPSA) is 88.9 Å². The van der Waals surface area contributed by atoms with Crippen LogP contribution in [-0.2, 0) is 9.59 Å². The van der Waals surface area contributed by atoms with Crippen molar-refractivity contribution in [1.82, 2.24) is 14.8 Å². The summed E-state index contributed by atoms with van der Waals surface area (Å²) in [6.07, 6.45) is 1.59. The first-order valence-electron chi connectivity index (χ1n) is 9.16. The van der Waals surface area contributed by atoms with Crippen molar-refractivity contribution in [3.05, 3.63) is 59.9 Å². The number of aryl methyl sites for hydroxylation is 2. The largest absolute Gasteiger partial charge is 0.326 e. The zero-order valence-corrected chi connectivity index (χ0v) is 17.6. The van der Waals surface area contributed by atoms with Gasteiger partial charge in [0.2, 0.25) is 11.8 Å². The minimum atomic E-state index is -0.378. The van der Waals surface area contributed by atoms with Crippen LogP contribution in [0.15, 0.2) is 53.9 Å². The number of anilines is 2. The number of benzene rings is 2. The van der Waals surface area contributed by atoms with E-state index in [4.69, 9.17) is 0 Å². The van der Waals surface area contributed by atoms with Crippen molar-refractivity contribution in [1.29, 1.82) is 0 Å². The van der Waals surface area contributed by atoms with Gasteiger partial charge in [0.25, 0.3) is 0 Å². The zero-order chi connectivity index (χ0) is 21.0. The summed E-state index contributed by atoms with van der Waals surface area (Å²) in [4.78, 5) is 24.0. The second kappa shape index (κ2) is 8.91. The van der Waals surface area contributed by atoms with Crippen molar-refractivity contribution < 1.29 is 9.59 Å². The number of thioether (sulfide) groups is 1. The molecule has 29 heavy (non-hydrogen) atoms. The normalized spacial score (nSPS) is 11.7. The molecule has 7 nitrogen and oxygen atoms in total. The van der Waals surface area contributed by atoms with Crippen molar-refractivity contribution in [2.24, 2.45) is 0 Å². The number of rotatable bonds is 6. The molecule has 0 bridgehead atoms. The van der Waals surface area contributed by atoms with E-state index in [1.165, 1.54) is 18.7 Å². The lowest BCUT2D eigenvalue weighted by molar-refractivity contribution is -0.115. The Morgan fingerprint density at radius 3 is 2.66 bits per heavy atom. The van der Waals surface area contributed by atoms with Crippen LogP contribution in [0.25, 0.3) is 5.69 Å². The molecule has 0 fully saturated rings. The smallest absolute Gasteiger partial charge is 0.237 e. The fourth-order valence-electron chi connectivity index (χ4n) is 2.74. The first-order valence-corrected chi connectivity index (χ1v) is 10.0. The molecule has 3 aromatic rings. The number of nitrogens with one attached hydrogen (secondary N) is 2. The number of hydrogen-bond donors (Lipinski definition) is 2. The first-order chi connectivity index (χ1) is 13.8. The summed E-state index contributed by atoms with van der Waals surface area (Å²) in [5.41, 5.74) is 4.39. The molecule has 0 aliphatic rings. The fourth-order valence-corrected chi connectivity index (χ4v) is 3.58. The molecule has 8 heteroatoms. The lowest BCUT2D eigenvalue weighted by Gasteiger charge is -2.14. The third-order valence-electron chi connectivity index (χ3n) is 4.26. The van der Waals surface area contributed by atoms with Gasteiger partial charge in [-0.1, -0.05) is 30.0 Å². The van der Waals surface area contributed by atoms with Crippen LogP contribution >= 0.6 is 11.8 Å². The van der Waals surface area contributed by atoms with Crippen molar-refractivity contribution >= 4 is 35.0 Å². The number of aromatic nitrogens is 3. The third-order valence-corrected chi connectivity index (χ3v) is 5.32. The highest BCUT2D eigenvalue weighted by atomic mass is 32.2. The number of amides is 2. The van der Waals surface area contributed by atoms with Gasteiger partial charge in [0, 0.05) is 18.3 Å². The SMILES string of the molecule is CC(=O)Nc1cccc(-n2cnnc2SC(C)C(=O)Nc2cc(C)ccc2C)c1. The summed E-state index contributed by atoms with van der Waals surface area (Å²) in [6, 6.07) is 13.3. The molecule has 2 N–H and O–H groups in total. The molecule has 150 valence electrons. The summed E-state index contributed by atoms with van der Waals surface area (Å²) < 4.78 is 1.79. The molecule has 0 spiro atoms. The molecule has 1 atom stereocenters. The lowest BCUT2D eigenvalue weighted by atomic mass is 10.1. The number of hydrogen-bond acceptors (Lipinski definition) is 5. The van der Waals surface area contributed by atoms with Gasteiger partial charge in [-0.2, -0.15) is 0 Å². The van der Waals surface area contributed by atoms with E-state index in [0.717, 1.165) is 22.5 Å². The highest BCUT2D eigenvalue weighted by Crippen LogP contribution is 2.26. The van der Waals surface area contributed by atoms with Crippen LogP contribution in [0.5, 0.6) is 0 Å². The van der Waals surface area contributed by atoms with Crippen molar-refractivity contribution in [3.63, 3.8) is 0 Å². The van der Waals surface area contributed by atoms with Crippen molar-refractivity contribution in [2.75, 3.05) is 10.6 Å². The minimum Gasteiger partial charge on any atom is -0.326 e. The fraction of sp³-hybridized carbons (Fsp3) is 0.238. The number of carbonyl (C=O) groups excluding carboxylic acids is 2. The average Bonchev–Trinajstić information content (AvgIpc) is 3.12. The average molecular weight is 410 g/mol. The molecule has 0 aliphatic carbocycles. The van der Waals surface area contributed by atoms with Gasteiger partial charge in [-0.3, -0.25) is 14.2 Å². The predicted octanol–water partition coefficient (Wildman–Crippen LogP) is 3.96. The summed E-state index contributed by atoms with van der Waals surface area (Å²) in [5, 5.41) is 14.1. The Balaban J connectivity index is 1.75. The summed E-state index contributed by atoms with van der Waals surface area (Å²) in [5.74, 6) is -0.248. The molecule has 0 saturated carbocycles. The van der Waals surface area contributed by atoms with Gasteiger partial charge in [0.05, 0.1) is 10.9 Å². The van der Waals surface area contributed by atoms with Gasteiger partial charge in [-0.15, -0.1) is 10.2 Å². The van der Waals surface area contributed by atoms with E-state index in [0.29, 0.717) is 10.8 Å². The maximum atomic E-state index is 12.7. The Morgan fingerprint density at radius 1 is 1.10 bits per heavy atom. The van der Waals surface area contributed by atoms with E-state index in [-0.39, 0.29) is 17.1 Å². The quantitative estimate of drug-likeness (QED) is 0.602. The molecule has 0 radical (unpaired) electrons. The second-order valence-corrected chi connectivity index (χ2v) is 8.09. The molecule has 0 saturated heterocycles. The first kappa shape index (κ1) is 20.6. The minimum absolute atomic E-state index is 0.106. The van der Waals surface area contributed by atoms with Gasteiger partial charge in [-0.25, -0.2) is 0 Å². The summed E-state index contributed by atoms with van der Waals surface area (Å²) in [7, 11) is 0. The zero-order valence-electron chi connectivity index (χ0n) is 16.8. The Hall–Kier alpha value is -3.13. The lowest BCUT2D eigenvalue weighted by Crippen LogP contribution is -2.23. The standard InChI is InChI=1S/C21H23N5O2S/c1-13-8-9-14(2)19(10-13)24-20(28)15(3)29-21-25-22-12-26(21)18-7-5-6-17(11-18)23-16(4)27/h5-12,15H,1-4H3,(H,23,27)(H,24,28). The van der Waals surface area contributed by atoms with Gasteiger partial charge in [0.1, 0.15) is 6.33 Å². The molecule has 1 unspecified atom stereocenters. The van der Waals surface area contributed by atoms with Crippen molar-refractivity contribution in [3.8, 4) is 5.69 Å². The van der Waals surface area contributed by atoms with E-state index in [1.54, 1.807) is 10.9 Å². The van der Waals surface area contributed by atoms with Crippen LogP contribution in [0.1, 0.15) is 25.0 Å². The molecule has 0 aliphatic heterocycles. The van der Waals surface area contributed by atoms with Gasteiger partial charge in [0.15, 0.2) is 5.16 Å². The second-order valence-electron chi connectivity index (χ2n) is 6.78. The summed E-state index contributed by atoms with van der Waals surface area (Å²) in [6.45, 7) is 7.25. The van der Waals surface area contributed by atoms with E-state index in [2.05, 4.69) is 20.8 Å². The highest BCUT2D eigenvalue weighted by molar-refractivity contribution is 8.00. The Morgan fingerprint density at radius 2 is 1.90 bits per heavy atom. The highest BCUT2D eigenvalue weighted by Gasteiger charge is 2.19. The van der Waals surface area contributed by atoms with E-state index >= 15 is 0 Å². The molecular weight excluding hydrogens is 386 g/mol. The molecule has 3 rings (SSSR count). The van der Waals surface area contributed by atoms with Crippen LogP contribution in [0.2, 0.25) is 0 Å². The van der Waals surface area contributed by atoms with E-state index in [9.17, 15) is 9.59 Å². The van der Waals surface area contributed by atoms with Gasteiger partial charge >= 0.3 is 0 Å². The van der Waals surface area contributed by atoms with Gasteiger partial charge < -0.3 is 10.6 Å². The van der Waals surface area contributed by atoms with Crippen LogP contribution < -0.4 is 10.6 Å². The van der Waals surface area contributed by atoms with Crippen LogP contribution in [0.4, 0.5) is 11.4 Å². The Bertz CT molecular complexity index is 1050. The van der Waals surface area contributed by atoms with Crippen molar-refractivity contribution in [2.45, 2.75) is 38.1 Å². The maximum absolute atomic E-state index is 12.7. The molecule has 1 aromatic heterocycles. The monoisotopic (exact) mass is 409 g/mol. The molecule has 2 aromatic carbocycles. The number of carbonyl (C=O) groups is 2. The predicted molar refractivity (Wildman–Crippen MR) is 116 cm³/mol. The molecular formula is C21H23N5O2S. The maximum Gasteiger partial charge on any atom is 0.237 e. The Kier molecular flexibility index (Phi) is 6.33. The van der Waals surface area contributed by atoms with Crippen LogP contribution in [-0.4, -0.2) is 31.8 Å². The van der Waals surface area contributed by atoms with E-state index in [1.807, 2.05) is 63.2 Å². The number of nitrogens with zero attached hydrogens (tertiary/aromatic N) is 3. The third kappa shape index (κ3) is 5.23. The van der Waals surface area contributed by atoms with Crippen LogP contribution in [0.3, 0.4) is 0 Å². The van der Waals surface area contributed by atoms with Crippen LogP contribution in [0, 0.1) is 13.8 Å². The Labute approximate surface area is 173 Å².